The first-order chi connectivity index (χ1) is 12.3. The number of imidazole rings is 1. The molecule has 0 aliphatic carbocycles. The fourth-order valence-corrected chi connectivity index (χ4v) is 4.43. The number of aromatic nitrogens is 3. The van der Waals surface area contributed by atoms with E-state index in [1.807, 2.05) is 48.7 Å². The smallest absolute Gasteiger partial charge is 0.127 e. The van der Waals surface area contributed by atoms with E-state index in [1.54, 1.807) is 12.4 Å². The van der Waals surface area contributed by atoms with Crippen LogP contribution in [-0.2, 0) is 11.0 Å². The van der Waals surface area contributed by atoms with Gasteiger partial charge in [-0.2, -0.15) is 0 Å². The van der Waals surface area contributed by atoms with E-state index in [9.17, 15) is 4.21 Å². The van der Waals surface area contributed by atoms with Crippen LogP contribution in [0.25, 0.3) is 11.3 Å². The topological polar surface area (TPSA) is 61.9 Å². The van der Waals surface area contributed by atoms with Crippen LogP contribution >= 0.6 is 0 Å². The Labute approximate surface area is 149 Å². The second kappa shape index (κ2) is 7.29. The fourth-order valence-electron chi connectivity index (χ4n) is 3.22. The van der Waals surface area contributed by atoms with Crippen LogP contribution in [0.3, 0.4) is 0 Å². The highest BCUT2D eigenvalue weighted by Crippen LogP contribution is 2.28. The van der Waals surface area contributed by atoms with E-state index < -0.39 is 11.0 Å². The van der Waals surface area contributed by atoms with Crippen molar-refractivity contribution in [2.45, 2.75) is 23.7 Å². The number of nitrogens with one attached hydrogen (secondary N) is 1. The highest BCUT2D eigenvalue weighted by Gasteiger charge is 2.25. The summed E-state index contributed by atoms with van der Waals surface area (Å²) in [5.41, 5.74) is 1.97. The van der Waals surface area contributed by atoms with E-state index in [1.165, 1.54) is 0 Å². The highest BCUT2D eigenvalue weighted by atomic mass is 32.2. The van der Waals surface area contributed by atoms with Crippen LogP contribution in [0, 0.1) is 0 Å². The predicted octanol–water partition coefficient (Wildman–Crippen LogP) is 3.37. The number of nitrogens with zero attached hydrogens (tertiary/aromatic N) is 3. The van der Waals surface area contributed by atoms with Crippen LogP contribution in [0.2, 0.25) is 0 Å². The average Bonchev–Trinajstić information content (AvgIpc) is 3.23. The molecule has 1 aliphatic heterocycles. The van der Waals surface area contributed by atoms with Crippen LogP contribution < -0.4 is 0 Å². The molecule has 25 heavy (non-hydrogen) atoms. The molecule has 1 fully saturated rings. The zero-order valence-corrected chi connectivity index (χ0v) is 14.7. The van der Waals surface area contributed by atoms with Crippen molar-refractivity contribution in [2.75, 3.05) is 13.1 Å². The van der Waals surface area contributed by atoms with Gasteiger partial charge in [0.1, 0.15) is 16.8 Å². The quantitative estimate of drug-likeness (QED) is 0.783. The Morgan fingerprint density at radius 2 is 1.80 bits per heavy atom. The molecule has 2 aromatic heterocycles. The second-order valence-electron chi connectivity index (χ2n) is 6.17. The summed E-state index contributed by atoms with van der Waals surface area (Å²) in [6.07, 6.45) is 7.40. The van der Waals surface area contributed by atoms with E-state index in [0.29, 0.717) is 5.92 Å². The van der Waals surface area contributed by atoms with Gasteiger partial charge in [0.2, 0.25) is 0 Å². The van der Waals surface area contributed by atoms with Crippen LogP contribution in [0.5, 0.6) is 0 Å². The number of piperidine rings is 1. The maximum absolute atomic E-state index is 12.8. The molecule has 3 heterocycles. The molecule has 5 nitrogen and oxygen atoms in total. The van der Waals surface area contributed by atoms with E-state index >= 15 is 0 Å². The van der Waals surface area contributed by atoms with Crippen molar-refractivity contribution >= 4 is 11.0 Å². The van der Waals surface area contributed by atoms with Crippen LogP contribution in [0.15, 0.2) is 66.0 Å². The van der Waals surface area contributed by atoms with Gasteiger partial charge in [0, 0.05) is 43.2 Å². The third-order valence-electron chi connectivity index (χ3n) is 4.61. The molecule has 1 aliphatic rings. The van der Waals surface area contributed by atoms with Gasteiger partial charge in [-0.05, 0) is 37.1 Å². The lowest BCUT2D eigenvalue weighted by Crippen LogP contribution is -2.34. The molecule has 3 aromatic rings. The standard InChI is InChI=1S/C19H20N4OS/c24-25(23-13-8-16(9-14-23)19-21-11-12-22-19)17-6-4-15(5-7-17)18-3-1-2-10-20-18/h1-7,10-12,16H,8-9,13-14H2,(H,21,22). The first-order valence-corrected chi connectivity index (χ1v) is 9.59. The minimum absolute atomic E-state index is 0.440. The van der Waals surface area contributed by atoms with Gasteiger partial charge < -0.3 is 4.98 Å². The Morgan fingerprint density at radius 3 is 2.44 bits per heavy atom. The number of aromatic amines is 1. The van der Waals surface area contributed by atoms with Gasteiger partial charge in [-0.3, -0.25) is 4.98 Å². The van der Waals surface area contributed by atoms with Gasteiger partial charge in [0.25, 0.3) is 0 Å². The number of benzene rings is 1. The minimum atomic E-state index is -1.11. The zero-order chi connectivity index (χ0) is 17.1. The van der Waals surface area contributed by atoms with Gasteiger partial charge in [0.15, 0.2) is 0 Å². The van der Waals surface area contributed by atoms with Crippen LogP contribution in [0.1, 0.15) is 24.6 Å². The molecule has 128 valence electrons. The summed E-state index contributed by atoms with van der Waals surface area (Å²) in [4.78, 5) is 12.7. The van der Waals surface area contributed by atoms with E-state index in [-0.39, 0.29) is 0 Å². The Balaban J connectivity index is 1.41. The molecule has 1 N–H and O–H groups in total. The molecule has 1 aromatic carbocycles. The van der Waals surface area contributed by atoms with Crippen molar-refractivity contribution in [1.82, 2.24) is 19.3 Å². The van der Waals surface area contributed by atoms with Crippen molar-refractivity contribution in [2.24, 2.45) is 0 Å². The number of hydrogen-bond donors (Lipinski definition) is 1. The van der Waals surface area contributed by atoms with E-state index in [4.69, 9.17) is 0 Å². The van der Waals surface area contributed by atoms with Gasteiger partial charge in [-0.1, -0.05) is 18.2 Å². The maximum atomic E-state index is 12.8. The lowest BCUT2D eigenvalue weighted by atomic mass is 9.98. The van der Waals surface area contributed by atoms with Gasteiger partial charge in [-0.25, -0.2) is 13.5 Å². The molecule has 0 radical (unpaired) electrons. The third kappa shape index (κ3) is 3.55. The third-order valence-corrected chi connectivity index (χ3v) is 6.12. The molecule has 1 saturated heterocycles. The van der Waals surface area contributed by atoms with Crippen LogP contribution in [0.4, 0.5) is 0 Å². The largest absolute Gasteiger partial charge is 0.348 e. The summed E-state index contributed by atoms with van der Waals surface area (Å²) in [6.45, 7) is 1.64. The van der Waals surface area contributed by atoms with Crippen molar-refractivity contribution in [3.05, 3.63) is 66.9 Å². The second-order valence-corrected chi connectivity index (χ2v) is 7.65. The van der Waals surface area contributed by atoms with Crippen molar-refractivity contribution in [3.63, 3.8) is 0 Å². The summed E-state index contributed by atoms with van der Waals surface area (Å²) in [7, 11) is -1.11. The van der Waals surface area contributed by atoms with Gasteiger partial charge in [0.05, 0.1) is 10.6 Å². The summed E-state index contributed by atoms with van der Waals surface area (Å²) >= 11 is 0. The van der Waals surface area contributed by atoms with Crippen molar-refractivity contribution in [1.29, 1.82) is 0 Å². The maximum Gasteiger partial charge on any atom is 0.127 e. The molecule has 1 unspecified atom stereocenters. The monoisotopic (exact) mass is 352 g/mol. The van der Waals surface area contributed by atoms with Crippen molar-refractivity contribution < 1.29 is 4.21 Å². The Morgan fingerprint density at radius 1 is 1.00 bits per heavy atom. The van der Waals surface area contributed by atoms with Gasteiger partial charge >= 0.3 is 0 Å². The molecule has 0 bridgehead atoms. The SMILES string of the molecule is O=S(c1ccc(-c2ccccn2)cc1)N1CCC(c2ncc[nH]2)CC1. The van der Waals surface area contributed by atoms with Gasteiger partial charge in [-0.15, -0.1) is 0 Å². The summed E-state index contributed by atoms with van der Waals surface area (Å²) < 4.78 is 14.9. The summed E-state index contributed by atoms with van der Waals surface area (Å²) in [5, 5.41) is 0. The number of pyridine rings is 1. The van der Waals surface area contributed by atoms with Crippen LogP contribution in [-0.4, -0.2) is 36.6 Å². The first kappa shape index (κ1) is 16.2. The minimum Gasteiger partial charge on any atom is -0.348 e. The molecular weight excluding hydrogens is 332 g/mol. The molecule has 4 rings (SSSR count). The molecular formula is C19H20N4OS. The Hall–Kier alpha value is -2.31. The highest BCUT2D eigenvalue weighted by molar-refractivity contribution is 7.82. The predicted molar refractivity (Wildman–Crippen MR) is 98.2 cm³/mol. The summed E-state index contributed by atoms with van der Waals surface area (Å²) in [5.74, 6) is 1.49. The van der Waals surface area contributed by atoms with E-state index in [2.05, 4.69) is 19.3 Å². The lowest BCUT2D eigenvalue weighted by molar-refractivity contribution is 0.328. The zero-order valence-electron chi connectivity index (χ0n) is 13.8. The first-order valence-electron chi connectivity index (χ1n) is 8.49. The molecule has 0 spiro atoms. The van der Waals surface area contributed by atoms with Crippen molar-refractivity contribution in [3.8, 4) is 11.3 Å². The molecule has 0 saturated carbocycles. The number of hydrogen-bond acceptors (Lipinski definition) is 3. The fraction of sp³-hybridized carbons (Fsp3) is 0.263. The Bertz CT molecular complexity index is 826. The number of H-pyrrole nitrogens is 1. The normalized spacial score (nSPS) is 17.4. The molecule has 6 heteroatoms. The molecule has 0 amide bonds. The number of rotatable bonds is 4. The lowest BCUT2D eigenvalue weighted by Gasteiger charge is -2.29. The van der Waals surface area contributed by atoms with E-state index in [0.717, 1.165) is 47.9 Å². The summed E-state index contributed by atoms with van der Waals surface area (Å²) in [6, 6.07) is 13.7. The average molecular weight is 352 g/mol. The Kier molecular flexibility index (Phi) is 4.72. The molecule has 1 atom stereocenters.